The van der Waals surface area contributed by atoms with E-state index in [1.165, 1.54) is 44.8 Å². The van der Waals surface area contributed by atoms with Crippen molar-refractivity contribution in [3.05, 3.63) is 23.8 Å². The number of fused-ring (bicyclic) bond motifs is 1. The number of hydrogen-bond acceptors (Lipinski definition) is 2. The molecule has 0 spiro atoms. The van der Waals surface area contributed by atoms with Gasteiger partial charge in [0.1, 0.15) is 0 Å². The van der Waals surface area contributed by atoms with Gasteiger partial charge in [-0.05, 0) is 68.1 Å². The maximum Gasteiger partial charge on any atom is 0.330 e. The average molecular weight is 319 g/mol. The molecule has 2 aliphatic carbocycles. The minimum Gasteiger partial charge on any atom is -0.466 e. The van der Waals surface area contributed by atoms with Gasteiger partial charge in [-0.2, -0.15) is 0 Å². The molecule has 0 aromatic heterocycles. The Bertz CT molecular complexity index is 500. The lowest BCUT2D eigenvalue weighted by Gasteiger charge is -2.58. The molecule has 2 aliphatic rings. The third kappa shape index (κ3) is 3.72. The van der Waals surface area contributed by atoms with Crippen molar-refractivity contribution >= 4 is 5.97 Å². The fourth-order valence-electron chi connectivity index (χ4n) is 5.51. The van der Waals surface area contributed by atoms with Gasteiger partial charge in [0.2, 0.25) is 0 Å². The SMILES string of the molecule is C=C1CC[C@H]2C(C)(C)CCC[C@]2(C)[C@@H]1CC/C(C)=C/C(=O)OC. The fraction of sp³-hybridized carbons (Fsp3) is 0.762. The third-order valence-electron chi connectivity index (χ3n) is 6.71. The van der Waals surface area contributed by atoms with E-state index in [2.05, 4.69) is 27.4 Å². The molecule has 0 radical (unpaired) electrons. The number of methoxy groups -OCH3 is 1. The molecule has 0 unspecified atom stereocenters. The Labute approximate surface area is 142 Å². The number of rotatable bonds is 4. The Morgan fingerprint density at radius 3 is 2.70 bits per heavy atom. The van der Waals surface area contributed by atoms with Crippen LogP contribution in [0.3, 0.4) is 0 Å². The molecule has 0 N–H and O–H groups in total. The molecular formula is C21H34O2. The van der Waals surface area contributed by atoms with Crippen LogP contribution in [0.15, 0.2) is 23.8 Å². The molecule has 2 nitrogen and oxygen atoms in total. The second kappa shape index (κ2) is 6.83. The first-order valence-electron chi connectivity index (χ1n) is 9.13. The molecule has 0 aliphatic heterocycles. The predicted molar refractivity (Wildman–Crippen MR) is 96.1 cm³/mol. The lowest BCUT2D eigenvalue weighted by atomic mass is 9.47. The molecule has 0 heterocycles. The summed E-state index contributed by atoms with van der Waals surface area (Å²) in [6.45, 7) is 13.9. The summed E-state index contributed by atoms with van der Waals surface area (Å²) in [7, 11) is 1.44. The molecule has 0 aromatic carbocycles. The normalized spacial score (nSPS) is 34.0. The van der Waals surface area contributed by atoms with Crippen LogP contribution in [0.2, 0.25) is 0 Å². The first-order chi connectivity index (χ1) is 10.7. The van der Waals surface area contributed by atoms with Crippen molar-refractivity contribution in [3.8, 4) is 0 Å². The number of carbonyl (C=O) groups excluding carboxylic acids is 1. The van der Waals surface area contributed by atoms with Crippen molar-refractivity contribution in [1.29, 1.82) is 0 Å². The van der Waals surface area contributed by atoms with Crippen LogP contribution < -0.4 is 0 Å². The molecule has 2 fully saturated rings. The first kappa shape index (κ1) is 18.3. The van der Waals surface area contributed by atoms with Gasteiger partial charge in [-0.15, -0.1) is 0 Å². The van der Waals surface area contributed by atoms with Gasteiger partial charge >= 0.3 is 5.97 Å². The van der Waals surface area contributed by atoms with E-state index in [9.17, 15) is 4.79 Å². The minimum atomic E-state index is -0.243. The van der Waals surface area contributed by atoms with E-state index in [1.807, 2.05) is 6.92 Å². The standard InChI is InChI=1S/C21H34O2/c1-15(14-19(22)23-6)8-10-17-16(2)9-11-18-20(3,4)12-7-13-21(17,18)5/h14,17-18H,2,7-13H2,1,3-6H3/b15-14+/t17-,18+,21-/m1/s1. The van der Waals surface area contributed by atoms with Crippen molar-refractivity contribution in [1.82, 2.24) is 0 Å². The van der Waals surface area contributed by atoms with Crippen molar-refractivity contribution in [3.63, 3.8) is 0 Å². The van der Waals surface area contributed by atoms with Crippen LogP contribution in [-0.2, 0) is 9.53 Å². The summed E-state index contributed by atoms with van der Waals surface area (Å²) >= 11 is 0. The van der Waals surface area contributed by atoms with Gasteiger partial charge < -0.3 is 4.74 Å². The van der Waals surface area contributed by atoms with Crippen LogP contribution in [0, 0.1) is 22.7 Å². The Morgan fingerprint density at radius 1 is 1.35 bits per heavy atom. The van der Waals surface area contributed by atoms with E-state index in [0.29, 0.717) is 16.7 Å². The molecule has 2 saturated carbocycles. The van der Waals surface area contributed by atoms with Crippen LogP contribution >= 0.6 is 0 Å². The number of allylic oxidation sites excluding steroid dienone is 2. The van der Waals surface area contributed by atoms with Crippen LogP contribution in [0.4, 0.5) is 0 Å². The largest absolute Gasteiger partial charge is 0.466 e. The Balaban J connectivity index is 2.14. The van der Waals surface area contributed by atoms with Gasteiger partial charge in [0.15, 0.2) is 0 Å². The lowest BCUT2D eigenvalue weighted by Crippen LogP contribution is -2.49. The summed E-state index contributed by atoms with van der Waals surface area (Å²) in [5.41, 5.74) is 3.38. The summed E-state index contributed by atoms with van der Waals surface area (Å²) in [6, 6.07) is 0. The predicted octanol–water partition coefficient (Wildman–Crippen LogP) is 5.68. The van der Waals surface area contributed by atoms with Crippen LogP contribution in [-0.4, -0.2) is 13.1 Å². The smallest absolute Gasteiger partial charge is 0.330 e. The van der Waals surface area contributed by atoms with E-state index in [-0.39, 0.29) is 5.97 Å². The van der Waals surface area contributed by atoms with E-state index in [0.717, 1.165) is 24.3 Å². The van der Waals surface area contributed by atoms with Crippen LogP contribution in [0.1, 0.15) is 72.6 Å². The van der Waals surface area contributed by atoms with Gasteiger partial charge in [0.25, 0.3) is 0 Å². The maximum absolute atomic E-state index is 11.4. The molecule has 0 bridgehead atoms. The highest BCUT2D eigenvalue weighted by Gasteiger charge is 2.52. The molecule has 2 rings (SSSR count). The molecule has 0 aromatic rings. The van der Waals surface area contributed by atoms with Crippen molar-refractivity contribution in [2.24, 2.45) is 22.7 Å². The molecule has 3 atom stereocenters. The minimum absolute atomic E-state index is 0.243. The van der Waals surface area contributed by atoms with Gasteiger partial charge in [0.05, 0.1) is 7.11 Å². The highest BCUT2D eigenvalue weighted by Crippen LogP contribution is 2.61. The van der Waals surface area contributed by atoms with Gasteiger partial charge in [-0.1, -0.05) is 44.9 Å². The van der Waals surface area contributed by atoms with Crippen molar-refractivity contribution in [2.45, 2.75) is 72.6 Å². The van der Waals surface area contributed by atoms with E-state index in [1.54, 1.807) is 6.08 Å². The maximum atomic E-state index is 11.4. The zero-order valence-corrected chi connectivity index (χ0v) is 15.7. The topological polar surface area (TPSA) is 26.3 Å². The van der Waals surface area contributed by atoms with Crippen LogP contribution in [0.5, 0.6) is 0 Å². The number of hydrogen-bond donors (Lipinski definition) is 0. The zero-order chi connectivity index (χ0) is 17.3. The molecule has 0 saturated heterocycles. The number of carbonyl (C=O) groups is 1. The Morgan fingerprint density at radius 2 is 2.04 bits per heavy atom. The van der Waals surface area contributed by atoms with Crippen molar-refractivity contribution in [2.75, 3.05) is 7.11 Å². The molecule has 0 amide bonds. The number of esters is 1. The molecular weight excluding hydrogens is 284 g/mol. The summed E-state index contributed by atoms with van der Waals surface area (Å²) < 4.78 is 4.73. The zero-order valence-electron chi connectivity index (χ0n) is 15.7. The van der Waals surface area contributed by atoms with Gasteiger partial charge in [0, 0.05) is 6.08 Å². The fourth-order valence-corrected chi connectivity index (χ4v) is 5.51. The third-order valence-corrected chi connectivity index (χ3v) is 6.71. The summed E-state index contributed by atoms with van der Waals surface area (Å²) in [4.78, 5) is 11.4. The first-order valence-corrected chi connectivity index (χ1v) is 9.13. The van der Waals surface area contributed by atoms with Crippen molar-refractivity contribution < 1.29 is 9.53 Å². The Kier molecular flexibility index (Phi) is 5.43. The van der Waals surface area contributed by atoms with Crippen LogP contribution in [0.25, 0.3) is 0 Å². The summed E-state index contributed by atoms with van der Waals surface area (Å²) in [6.07, 6.45) is 10.2. The van der Waals surface area contributed by atoms with E-state index in [4.69, 9.17) is 4.74 Å². The monoisotopic (exact) mass is 318 g/mol. The highest BCUT2D eigenvalue weighted by atomic mass is 16.5. The highest BCUT2D eigenvalue weighted by molar-refractivity contribution is 5.82. The Hall–Kier alpha value is -1.05. The average Bonchev–Trinajstić information content (AvgIpc) is 2.45. The summed E-state index contributed by atoms with van der Waals surface area (Å²) in [5.74, 6) is 1.14. The van der Waals surface area contributed by atoms with Gasteiger partial charge in [-0.25, -0.2) is 4.79 Å². The molecule has 130 valence electrons. The summed E-state index contributed by atoms with van der Waals surface area (Å²) in [5, 5.41) is 0. The van der Waals surface area contributed by atoms with E-state index < -0.39 is 0 Å². The molecule has 23 heavy (non-hydrogen) atoms. The molecule has 2 heteroatoms. The quantitative estimate of drug-likeness (QED) is 0.378. The second-order valence-corrected chi connectivity index (χ2v) is 8.70. The van der Waals surface area contributed by atoms with E-state index >= 15 is 0 Å². The second-order valence-electron chi connectivity index (χ2n) is 8.70. The van der Waals surface area contributed by atoms with Gasteiger partial charge in [-0.3, -0.25) is 0 Å². The number of ether oxygens (including phenoxy) is 1. The lowest BCUT2D eigenvalue weighted by molar-refractivity contribution is -0.134.